The summed E-state index contributed by atoms with van der Waals surface area (Å²) in [6.45, 7) is 31.7. The first kappa shape index (κ1) is 96.8. The minimum Gasteiger partial charge on any atom is -0.464 e. The van der Waals surface area contributed by atoms with Crippen LogP contribution in [0.1, 0.15) is 240 Å². The molecule has 24 rings (SSSR count). The second-order valence-electron chi connectivity index (χ2n) is 43.3. The van der Waals surface area contributed by atoms with Crippen molar-refractivity contribution < 1.29 is 74.7 Å². The molecule has 0 spiro atoms. The van der Waals surface area contributed by atoms with Crippen LogP contribution in [-0.2, 0) is 53.9 Å². The number of H-pyrrole nitrogens is 2. The molecule has 4 saturated heterocycles. The van der Waals surface area contributed by atoms with Gasteiger partial charge in [0.1, 0.15) is 58.4 Å². The number of alkyl carbamates (subject to hydrolysis) is 2. The quantitative estimate of drug-likeness (QED) is 0.0583. The number of aromatic nitrogens is 7. The van der Waals surface area contributed by atoms with Crippen molar-refractivity contribution in [3.05, 3.63) is 225 Å². The third-order valence-electron chi connectivity index (χ3n) is 31.6. The summed E-state index contributed by atoms with van der Waals surface area (Å²) in [5, 5.41) is 8.32. The number of likely N-dealkylation sites (tertiary alicyclic amines) is 2. The Kier molecular flexibility index (Phi) is 24.2. The van der Waals surface area contributed by atoms with Gasteiger partial charge in [0.2, 0.25) is 30.5 Å². The van der Waals surface area contributed by atoms with Gasteiger partial charge in [-0.2, -0.15) is 0 Å². The van der Waals surface area contributed by atoms with Crippen molar-refractivity contribution in [3.8, 4) is 73.5 Å². The minimum absolute atomic E-state index is 0.151. The zero-order valence-corrected chi connectivity index (χ0v) is 88.5. The highest BCUT2D eigenvalue weighted by Gasteiger charge is 2.55. The van der Waals surface area contributed by atoms with E-state index in [1.165, 1.54) is 72.7 Å². The number of benzene rings is 6. The summed E-state index contributed by atoms with van der Waals surface area (Å²) in [5.41, 5.74) is 9.52. The van der Waals surface area contributed by atoms with E-state index in [2.05, 4.69) is 193 Å². The number of nitrogens with one attached hydrogen (secondary N) is 4. The van der Waals surface area contributed by atoms with Gasteiger partial charge in [-0.15, -0.1) is 34.0 Å². The zero-order chi connectivity index (χ0) is 100. The number of ether oxygens (including phenoxy) is 5. The molecule has 143 heavy (non-hydrogen) atoms. The van der Waals surface area contributed by atoms with Crippen molar-refractivity contribution in [1.82, 2.24) is 54.1 Å². The number of hydrogen-bond donors (Lipinski definition) is 4. The number of nitrogens with zero attached hydrogens (tertiary/aromatic N) is 7. The van der Waals surface area contributed by atoms with E-state index in [4.69, 9.17) is 52.3 Å². The van der Waals surface area contributed by atoms with Crippen LogP contribution in [0.3, 0.4) is 0 Å². The summed E-state index contributed by atoms with van der Waals surface area (Å²) >= 11 is 12.3. The van der Waals surface area contributed by atoms with Crippen molar-refractivity contribution in [3.63, 3.8) is 0 Å². The number of amides is 4. The van der Waals surface area contributed by atoms with Crippen LogP contribution >= 0.6 is 65.9 Å². The summed E-state index contributed by atoms with van der Waals surface area (Å²) < 4.78 is 111. The van der Waals surface area contributed by atoms with Crippen molar-refractivity contribution in [2.24, 2.45) is 11.8 Å². The first-order valence-corrected chi connectivity index (χ1v) is 53.3. The molecular weight excluding hydrogens is 2010 g/mol. The Morgan fingerprint density at radius 1 is 0.441 bits per heavy atom. The number of rotatable bonds is 18. The highest BCUT2D eigenvalue weighted by molar-refractivity contribution is 9.10. The van der Waals surface area contributed by atoms with Crippen LogP contribution in [0.2, 0.25) is 0 Å². The molecule has 24 nitrogen and oxygen atoms in total. The number of carbonyl (C=O) groups excluding carboxylic acids is 4. The monoisotopic (exact) mass is 2120 g/mol. The molecule has 7 fully saturated rings. The maximum Gasteiger partial charge on any atom is 0.495 e. The number of halogens is 5. The molecule has 0 bridgehead atoms. The predicted molar refractivity (Wildman–Crippen MR) is 559 cm³/mol. The molecule has 742 valence electrons. The van der Waals surface area contributed by atoms with Gasteiger partial charge in [-0.3, -0.25) is 23.3 Å². The van der Waals surface area contributed by atoms with Gasteiger partial charge in [0.25, 0.3) is 0 Å². The van der Waals surface area contributed by atoms with Crippen LogP contribution in [0.15, 0.2) is 167 Å². The van der Waals surface area contributed by atoms with E-state index in [1.54, 1.807) is 44.9 Å². The van der Waals surface area contributed by atoms with E-state index >= 15 is 8.78 Å². The van der Waals surface area contributed by atoms with Crippen LogP contribution in [0.4, 0.5) is 22.8 Å². The Morgan fingerprint density at radius 2 is 0.825 bits per heavy atom. The molecule has 7 atom stereocenters. The van der Waals surface area contributed by atoms with Gasteiger partial charge in [0, 0.05) is 80.2 Å². The lowest BCUT2D eigenvalue weighted by Gasteiger charge is -2.32. The average molecular weight is 2120 g/mol. The van der Waals surface area contributed by atoms with Crippen LogP contribution in [-0.4, -0.2) is 143 Å². The third-order valence-corrected chi connectivity index (χ3v) is 36.8. The number of fused-ring (bicyclic) bond motifs is 15. The lowest BCUT2D eigenvalue weighted by Crippen LogP contribution is -2.51. The highest BCUT2D eigenvalue weighted by atomic mass is 79.9. The number of carbonyl (C=O) groups is 4. The van der Waals surface area contributed by atoms with Crippen molar-refractivity contribution in [2.45, 2.75) is 250 Å². The van der Waals surface area contributed by atoms with E-state index in [0.29, 0.717) is 97.4 Å². The molecule has 6 aromatic carbocycles. The number of thiophene rings is 3. The van der Waals surface area contributed by atoms with Crippen LogP contribution in [0.5, 0.6) is 17.2 Å². The summed E-state index contributed by atoms with van der Waals surface area (Å²) in [5.74, 6) is 0.870. The molecule has 3 aliphatic carbocycles. The van der Waals surface area contributed by atoms with Crippen LogP contribution in [0.25, 0.3) is 89.0 Å². The Morgan fingerprint density at radius 3 is 1.26 bits per heavy atom. The normalized spacial score (nSPS) is 21.4. The standard InChI is InChI=1S/C51H58FN9O7S.C35H40B2FNO5S.C23H16Br2FNOS/c1-26(2)42(57-49(64)66-6)46(62)59-18-8-10-35(59)44-53-24-32(55-44)28-12-13-34-30(20-28)22-37-41-31(52)21-29(23-38(41)68-48(61(34)37)39-14-15-40(69-39)51(5)16-17-51)33-25-54-45(56-33)36-11-9-19-60(36)47(63)43(27(3)4)58-50(65)67-7;1-31(2)32(3,4)42-36(41-31)21-10-11-24-20(16-21)17-25-29-23(38)18-22(37-43-33(5,6)34(7,8)44-37)19-26(29)40-30(39(24)25)27-12-13-28(45-27)35(9)14-15-35;1-23(6-7-23)20-5-4-19(29-20)22-27-16-3-2-13(24)8-12(16)9-17(27)21-15(26)10-14(25)11-18(21)28-22/h12-15,20-27,35-36,42-43,48H,8-11,16-19H2,1-7H3,(H,53,55)(H,54,56)(H,57,64)(H,58,65);10-13,16-19,30H,14-15H2,1-9H3;2-5,8-11,22H,6-7H2,1H3/t35-,36-,42-,43-,48?;;/m0../s1. The Labute approximate surface area is 857 Å². The maximum absolute atomic E-state index is 17.0. The topological polar surface area (TPSA) is 254 Å². The molecule has 14 aromatic rings. The molecular formula is C109H114B2Br2F3N11O13S3. The second-order valence-corrected chi connectivity index (χ2v) is 48.5. The molecule has 8 aromatic heterocycles. The maximum atomic E-state index is 17.0. The van der Waals surface area contributed by atoms with Crippen molar-refractivity contribution >= 4 is 148 Å². The van der Waals surface area contributed by atoms with Gasteiger partial charge < -0.3 is 72.7 Å². The fourth-order valence-corrected chi connectivity index (χ4v) is 25.3. The molecule has 4 amide bonds. The number of methoxy groups -OCH3 is 2. The second kappa shape index (κ2) is 35.7. The Hall–Kier alpha value is -10.9. The summed E-state index contributed by atoms with van der Waals surface area (Å²) in [7, 11) is 1.36. The molecule has 15 heterocycles. The number of imidazole rings is 2. The van der Waals surface area contributed by atoms with Crippen LogP contribution < -0.4 is 35.8 Å². The molecule has 0 radical (unpaired) electrons. The van der Waals surface area contributed by atoms with Crippen molar-refractivity contribution in [2.75, 3.05) is 27.3 Å². The van der Waals surface area contributed by atoms with E-state index in [9.17, 15) is 23.6 Å². The van der Waals surface area contributed by atoms with Gasteiger partial charge in [-0.1, -0.05) is 98.5 Å². The molecule has 7 aliphatic heterocycles. The minimum atomic E-state index is -0.770. The molecule has 34 heteroatoms. The Bertz CT molecular complexity index is 7450. The average Bonchev–Trinajstić information content (AvgIpc) is 1.57. The summed E-state index contributed by atoms with van der Waals surface area (Å²) in [6, 6.07) is 45.7. The first-order valence-electron chi connectivity index (χ1n) is 49.3. The SMILES string of the molecule is CC1(c2ccc(C3Oc4cc(B5OC(C)(C)C(C)(C)O5)cc(F)c4-c4cc5cc(B6OC(C)(C)C(C)(C)O6)ccc5n43)s2)CC1.CC1(c2ccc(C3Oc4cc(Br)cc(F)c4-c4cc5cc(Br)ccc5n43)s2)CC1.COC(=O)N[C@H](C(=O)N1CCC[C@H]1c1ncc(-c2cc(F)c3c(c2)OC(c2ccc(C4(C)CC4)s2)n2c-3cc3cc(-c4cnc([C@@H]5CCCN5C(=O)[C@@H](NC(=O)OC)C(C)C)[nH]4)ccc32)[nH]1)C(C)C. The fraction of sp³-hybridized carbons (Fsp3) is 0.413. The lowest BCUT2D eigenvalue weighted by atomic mass is 9.78. The summed E-state index contributed by atoms with van der Waals surface area (Å²) in [4.78, 5) is 79.2. The Balaban J connectivity index is 0.000000134. The van der Waals surface area contributed by atoms with Crippen LogP contribution in [0, 0.1) is 29.3 Å². The van der Waals surface area contributed by atoms with Gasteiger partial charge in [-0.25, -0.2) is 32.7 Å². The highest BCUT2D eigenvalue weighted by Crippen LogP contribution is 2.58. The van der Waals surface area contributed by atoms with Gasteiger partial charge in [0.05, 0.1) is 137 Å². The zero-order valence-electron chi connectivity index (χ0n) is 82.9. The predicted octanol–water partition coefficient (Wildman–Crippen LogP) is 24.5. The van der Waals surface area contributed by atoms with E-state index in [1.807, 2.05) is 115 Å². The first-order chi connectivity index (χ1) is 68.1. The molecule has 3 saturated carbocycles. The van der Waals surface area contributed by atoms with E-state index in [0.717, 1.165) is 112 Å². The fourth-order valence-electron chi connectivity index (χ4n) is 20.9. The third kappa shape index (κ3) is 17.2. The van der Waals surface area contributed by atoms with Gasteiger partial charge in [0.15, 0.2) is 0 Å². The van der Waals surface area contributed by atoms with Crippen molar-refractivity contribution in [1.29, 1.82) is 0 Å². The molecule has 10 aliphatic rings. The van der Waals surface area contributed by atoms with E-state index < -0.39 is 79.2 Å². The molecule has 4 N–H and O–H groups in total. The van der Waals surface area contributed by atoms with E-state index in [-0.39, 0.29) is 64.4 Å². The van der Waals surface area contributed by atoms with Gasteiger partial charge in [-0.05, 0) is 270 Å². The lowest BCUT2D eigenvalue weighted by molar-refractivity contribution is -0.136. The largest absolute Gasteiger partial charge is 0.495 e. The summed E-state index contributed by atoms with van der Waals surface area (Å²) in [6.07, 6.45) is 10.9. The number of aromatic amines is 2. The molecule has 3 unspecified atom stereocenters. The smallest absolute Gasteiger partial charge is 0.464 e. The van der Waals surface area contributed by atoms with Gasteiger partial charge >= 0.3 is 26.4 Å². The number of hydrogen-bond acceptors (Lipinski definition) is 18.